The van der Waals surface area contributed by atoms with E-state index in [-0.39, 0.29) is 5.54 Å². The molecule has 2 nitrogen and oxygen atoms in total. The number of rotatable bonds is 3. The van der Waals surface area contributed by atoms with Crippen LogP contribution in [0.1, 0.15) is 26.3 Å². The highest BCUT2D eigenvalue weighted by Gasteiger charge is 2.37. The van der Waals surface area contributed by atoms with Crippen molar-refractivity contribution in [2.24, 2.45) is 11.7 Å². The van der Waals surface area contributed by atoms with Gasteiger partial charge in [-0.25, -0.2) is 0 Å². The Bertz CT molecular complexity index is 373. The summed E-state index contributed by atoms with van der Waals surface area (Å²) in [5, 5.41) is 0. The molecule has 1 aliphatic heterocycles. The molecule has 1 aromatic rings. The molecule has 0 fully saturated rings. The van der Waals surface area contributed by atoms with Crippen LogP contribution in [-0.2, 0) is 6.42 Å². The lowest BCUT2D eigenvalue weighted by atomic mass is 9.86. The van der Waals surface area contributed by atoms with Crippen molar-refractivity contribution in [2.45, 2.75) is 32.7 Å². The second kappa shape index (κ2) is 4.10. The fourth-order valence-corrected chi connectivity index (χ4v) is 2.53. The maximum absolute atomic E-state index is 6.00. The van der Waals surface area contributed by atoms with E-state index in [0.29, 0.717) is 12.5 Å². The summed E-state index contributed by atoms with van der Waals surface area (Å²) in [5.74, 6) is 0.559. The summed E-state index contributed by atoms with van der Waals surface area (Å²) in [6.45, 7) is 8.60. The van der Waals surface area contributed by atoms with E-state index < -0.39 is 0 Å². The second-order valence-electron chi connectivity index (χ2n) is 5.25. The molecule has 0 bridgehead atoms. The van der Waals surface area contributed by atoms with Gasteiger partial charge in [-0.3, -0.25) is 0 Å². The Morgan fingerprint density at radius 2 is 2.06 bits per heavy atom. The maximum atomic E-state index is 6.00. The first-order valence-corrected chi connectivity index (χ1v) is 6.15. The molecule has 2 N–H and O–H groups in total. The van der Waals surface area contributed by atoms with Crippen LogP contribution in [0.2, 0.25) is 0 Å². The summed E-state index contributed by atoms with van der Waals surface area (Å²) in [5.41, 5.74) is 8.92. The molecular formula is C14H22N2. The Morgan fingerprint density at radius 3 is 2.69 bits per heavy atom. The van der Waals surface area contributed by atoms with Gasteiger partial charge in [-0.2, -0.15) is 0 Å². The average molecular weight is 218 g/mol. The van der Waals surface area contributed by atoms with E-state index in [1.54, 1.807) is 0 Å². The highest BCUT2D eigenvalue weighted by atomic mass is 15.2. The van der Waals surface area contributed by atoms with Gasteiger partial charge in [-0.05, 0) is 30.9 Å². The van der Waals surface area contributed by atoms with Gasteiger partial charge in [0.25, 0.3) is 0 Å². The summed E-state index contributed by atoms with van der Waals surface area (Å²) in [6.07, 6.45) is 1.15. The van der Waals surface area contributed by atoms with E-state index in [1.165, 1.54) is 11.3 Å². The van der Waals surface area contributed by atoms with Gasteiger partial charge >= 0.3 is 0 Å². The molecule has 0 spiro atoms. The minimum atomic E-state index is 0.0760. The number of hydrogen-bond donors (Lipinski definition) is 1. The first kappa shape index (κ1) is 11.5. The first-order chi connectivity index (χ1) is 7.59. The average Bonchev–Trinajstić information content (AvgIpc) is 2.72. The molecule has 0 amide bonds. The molecule has 1 aromatic carbocycles. The van der Waals surface area contributed by atoms with Crippen LogP contribution in [-0.4, -0.2) is 18.6 Å². The lowest BCUT2D eigenvalue weighted by molar-refractivity contribution is 0.325. The fourth-order valence-electron chi connectivity index (χ4n) is 2.53. The monoisotopic (exact) mass is 218 g/mol. The van der Waals surface area contributed by atoms with Crippen molar-refractivity contribution in [3.63, 3.8) is 0 Å². The normalized spacial score (nSPS) is 18.7. The molecule has 0 saturated carbocycles. The molecule has 16 heavy (non-hydrogen) atoms. The minimum absolute atomic E-state index is 0.0760. The number of nitrogens with zero attached hydrogens (tertiary/aromatic N) is 1. The van der Waals surface area contributed by atoms with Gasteiger partial charge in [0.05, 0.1) is 5.54 Å². The first-order valence-electron chi connectivity index (χ1n) is 6.15. The lowest BCUT2D eigenvalue weighted by Crippen LogP contribution is -2.55. The predicted molar refractivity (Wildman–Crippen MR) is 69.8 cm³/mol. The van der Waals surface area contributed by atoms with E-state index in [0.717, 1.165) is 13.0 Å². The largest absolute Gasteiger partial charge is 0.364 e. The summed E-state index contributed by atoms with van der Waals surface area (Å²) in [7, 11) is 0. The lowest BCUT2D eigenvalue weighted by Gasteiger charge is -2.43. The van der Waals surface area contributed by atoms with Crippen LogP contribution in [0.5, 0.6) is 0 Å². The number of para-hydroxylation sites is 1. The molecule has 2 heteroatoms. The minimum Gasteiger partial charge on any atom is -0.364 e. The molecule has 1 unspecified atom stereocenters. The van der Waals surface area contributed by atoms with Gasteiger partial charge < -0.3 is 10.6 Å². The van der Waals surface area contributed by atoms with E-state index >= 15 is 0 Å². The topological polar surface area (TPSA) is 29.3 Å². The van der Waals surface area contributed by atoms with Crippen LogP contribution in [0.3, 0.4) is 0 Å². The zero-order valence-corrected chi connectivity index (χ0v) is 10.5. The summed E-state index contributed by atoms with van der Waals surface area (Å²) in [6, 6.07) is 8.69. The molecule has 0 aliphatic carbocycles. The third kappa shape index (κ3) is 1.61. The van der Waals surface area contributed by atoms with Crippen LogP contribution in [0.25, 0.3) is 0 Å². The SMILES string of the molecule is CC(C)C(C)(CN)N1CCc2ccccc21. The second-order valence-corrected chi connectivity index (χ2v) is 5.25. The van der Waals surface area contributed by atoms with Crippen LogP contribution in [0, 0.1) is 5.92 Å². The van der Waals surface area contributed by atoms with Gasteiger partial charge in [-0.15, -0.1) is 0 Å². The predicted octanol–water partition coefficient (Wildman–Crippen LogP) is 2.42. The summed E-state index contributed by atoms with van der Waals surface area (Å²) < 4.78 is 0. The number of hydrogen-bond acceptors (Lipinski definition) is 2. The Labute approximate surface area is 98.4 Å². The van der Waals surface area contributed by atoms with Crippen LogP contribution in [0.4, 0.5) is 5.69 Å². The molecule has 88 valence electrons. The fraction of sp³-hybridized carbons (Fsp3) is 0.571. The molecule has 1 heterocycles. The summed E-state index contributed by atoms with van der Waals surface area (Å²) >= 11 is 0. The zero-order valence-electron chi connectivity index (χ0n) is 10.5. The third-order valence-corrected chi connectivity index (χ3v) is 4.16. The van der Waals surface area contributed by atoms with E-state index in [9.17, 15) is 0 Å². The quantitative estimate of drug-likeness (QED) is 0.844. The molecule has 1 aliphatic rings. The zero-order chi connectivity index (χ0) is 11.8. The number of anilines is 1. The van der Waals surface area contributed by atoms with E-state index in [1.807, 2.05) is 0 Å². The molecule has 0 aromatic heterocycles. The highest BCUT2D eigenvalue weighted by Crippen LogP contribution is 2.36. The van der Waals surface area contributed by atoms with Crippen molar-refractivity contribution < 1.29 is 0 Å². The summed E-state index contributed by atoms with van der Waals surface area (Å²) in [4.78, 5) is 2.49. The number of benzene rings is 1. The van der Waals surface area contributed by atoms with Crippen LogP contribution < -0.4 is 10.6 Å². The van der Waals surface area contributed by atoms with Gasteiger partial charge in [0, 0.05) is 18.8 Å². The highest BCUT2D eigenvalue weighted by molar-refractivity contribution is 5.60. The molecular weight excluding hydrogens is 196 g/mol. The van der Waals surface area contributed by atoms with Crippen LogP contribution >= 0.6 is 0 Å². The molecule has 0 saturated heterocycles. The number of nitrogens with two attached hydrogens (primary N) is 1. The molecule has 0 radical (unpaired) electrons. The van der Waals surface area contributed by atoms with Crippen molar-refractivity contribution in [3.8, 4) is 0 Å². The Morgan fingerprint density at radius 1 is 1.38 bits per heavy atom. The Balaban J connectivity index is 2.37. The van der Waals surface area contributed by atoms with Crippen molar-refractivity contribution in [2.75, 3.05) is 18.0 Å². The van der Waals surface area contributed by atoms with Crippen LogP contribution in [0.15, 0.2) is 24.3 Å². The smallest absolute Gasteiger partial charge is 0.0519 e. The Kier molecular flexibility index (Phi) is 2.94. The van der Waals surface area contributed by atoms with E-state index in [4.69, 9.17) is 5.73 Å². The third-order valence-electron chi connectivity index (χ3n) is 4.16. The molecule has 2 rings (SSSR count). The van der Waals surface area contributed by atoms with Crippen molar-refractivity contribution in [3.05, 3.63) is 29.8 Å². The van der Waals surface area contributed by atoms with Gasteiger partial charge in [0.1, 0.15) is 0 Å². The molecule has 1 atom stereocenters. The Hall–Kier alpha value is -1.02. The standard InChI is InChI=1S/C14H22N2/c1-11(2)14(3,10-15)16-9-8-12-6-4-5-7-13(12)16/h4-7,11H,8-10,15H2,1-3H3. The maximum Gasteiger partial charge on any atom is 0.0519 e. The van der Waals surface area contributed by atoms with Crippen molar-refractivity contribution in [1.82, 2.24) is 0 Å². The van der Waals surface area contributed by atoms with Crippen molar-refractivity contribution in [1.29, 1.82) is 0 Å². The van der Waals surface area contributed by atoms with Gasteiger partial charge in [-0.1, -0.05) is 32.0 Å². The van der Waals surface area contributed by atoms with E-state index in [2.05, 4.69) is 49.9 Å². The van der Waals surface area contributed by atoms with Gasteiger partial charge in [0.2, 0.25) is 0 Å². The number of fused-ring (bicyclic) bond motifs is 1. The van der Waals surface area contributed by atoms with Crippen molar-refractivity contribution >= 4 is 5.69 Å². The van der Waals surface area contributed by atoms with Gasteiger partial charge in [0.15, 0.2) is 0 Å².